The number of fused-ring (bicyclic) bond motifs is 1. The van der Waals surface area contributed by atoms with E-state index in [1.165, 1.54) is 7.11 Å². The Hall–Kier alpha value is -2.88. The number of para-hydroxylation sites is 1. The van der Waals surface area contributed by atoms with E-state index in [1.54, 1.807) is 6.20 Å². The Bertz CT molecular complexity index is 828. The summed E-state index contributed by atoms with van der Waals surface area (Å²) in [6, 6.07) is 15.3. The number of aryl methyl sites for hydroxylation is 1. The van der Waals surface area contributed by atoms with Crippen molar-refractivity contribution in [2.45, 2.75) is 6.92 Å². The van der Waals surface area contributed by atoms with Crippen LogP contribution in [-0.4, -0.2) is 18.1 Å². The monoisotopic (exact) mass is 293 g/mol. The average molecular weight is 293 g/mol. The van der Waals surface area contributed by atoms with Crippen molar-refractivity contribution in [2.24, 2.45) is 0 Å². The zero-order chi connectivity index (χ0) is 15.5. The molecule has 0 aliphatic heterocycles. The van der Waals surface area contributed by atoms with Crippen molar-refractivity contribution in [1.82, 2.24) is 4.98 Å². The lowest BCUT2D eigenvalue weighted by Crippen LogP contribution is -2.06. The van der Waals surface area contributed by atoms with Gasteiger partial charge in [-0.3, -0.25) is 0 Å². The molecule has 0 saturated carbocycles. The first-order chi connectivity index (χ1) is 10.7. The summed E-state index contributed by atoms with van der Waals surface area (Å²) < 4.78 is 10.5. The van der Waals surface area contributed by atoms with Gasteiger partial charge in [-0.1, -0.05) is 24.3 Å². The number of ether oxygens (including phenoxy) is 2. The van der Waals surface area contributed by atoms with Crippen molar-refractivity contribution in [3.8, 4) is 11.5 Å². The van der Waals surface area contributed by atoms with Crippen LogP contribution in [0.15, 0.2) is 54.7 Å². The fourth-order valence-corrected chi connectivity index (χ4v) is 2.34. The predicted octanol–water partition coefficient (Wildman–Crippen LogP) is 4.12. The van der Waals surface area contributed by atoms with Crippen LogP contribution in [0.4, 0.5) is 0 Å². The highest BCUT2D eigenvalue weighted by Gasteiger charge is 2.13. The average Bonchev–Trinajstić information content (AvgIpc) is 2.55. The normalized spacial score (nSPS) is 10.5. The number of aromatic nitrogens is 1. The molecule has 0 atom stereocenters. The maximum Gasteiger partial charge on any atom is 0.356 e. The molecule has 22 heavy (non-hydrogen) atoms. The van der Waals surface area contributed by atoms with E-state index < -0.39 is 5.97 Å². The third-order valence-corrected chi connectivity index (χ3v) is 3.47. The number of benzene rings is 2. The second-order valence-corrected chi connectivity index (χ2v) is 4.89. The molecule has 0 saturated heterocycles. The molecule has 2 aromatic carbocycles. The lowest BCUT2D eigenvalue weighted by Gasteiger charge is -2.09. The summed E-state index contributed by atoms with van der Waals surface area (Å²) in [6.07, 6.45) is 1.66. The summed E-state index contributed by atoms with van der Waals surface area (Å²) in [5.41, 5.74) is 1.14. The molecule has 3 aromatic rings. The van der Waals surface area contributed by atoms with Gasteiger partial charge in [0.1, 0.15) is 11.5 Å². The van der Waals surface area contributed by atoms with E-state index in [4.69, 9.17) is 9.47 Å². The van der Waals surface area contributed by atoms with Crippen molar-refractivity contribution in [2.75, 3.05) is 7.11 Å². The molecule has 4 heteroatoms. The fourth-order valence-electron chi connectivity index (χ4n) is 2.34. The number of hydrogen-bond acceptors (Lipinski definition) is 4. The smallest absolute Gasteiger partial charge is 0.356 e. The van der Waals surface area contributed by atoms with Gasteiger partial charge in [0.15, 0.2) is 5.69 Å². The molecule has 0 spiro atoms. The molecule has 0 fully saturated rings. The number of carbonyl (C=O) groups is 1. The first-order valence-corrected chi connectivity index (χ1v) is 6.89. The van der Waals surface area contributed by atoms with Crippen LogP contribution in [0.3, 0.4) is 0 Å². The highest BCUT2D eigenvalue weighted by atomic mass is 16.5. The molecule has 0 aliphatic carbocycles. The minimum absolute atomic E-state index is 0.340. The van der Waals surface area contributed by atoms with E-state index >= 15 is 0 Å². The van der Waals surface area contributed by atoms with Crippen molar-refractivity contribution >= 4 is 16.7 Å². The zero-order valence-corrected chi connectivity index (χ0v) is 12.4. The number of rotatable bonds is 3. The Morgan fingerprint density at radius 3 is 2.55 bits per heavy atom. The van der Waals surface area contributed by atoms with Gasteiger partial charge < -0.3 is 9.47 Å². The molecule has 1 heterocycles. The van der Waals surface area contributed by atoms with Gasteiger partial charge in [-0.05, 0) is 42.1 Å². The molecule has 4 nitrogen and oxygen atoms in total. The first-order valence-electron chi connectivity index (χ1n) is 6.89. The number of methoxy groups -OCH3 is 1. The van der Waals surface area contributed by atoms with Crippen molar-refractivity contribution in [1.29, 1.82) is 0 Å². The molecule has 0 radical (unpaired) electrons. The predicted molar refractivity (Wildman–Crippen MR) is 84.3 cm³/mol. The molecule has 110 valence electrons. The largest absolute Gasteiger partial charge is 0.464 e. The summed E-state index contributed by atoms with van der Waals surface area (Å²) >= 11 is 0. The van der Waals surface area contributed by atoms with Crippen LogP contribution in [0, 0.1) is 6.92 Å². The maximum absolute atomic E-state index is 11.7. The van der Waals surface area contributed by atoms with Gasteiger partial charge in [-0.25, -0.2) is 9.78 Å². The Labute approximate surface area is 128 Å². The summed E-state index contributed by atoms with van der Waals surface area (Å²) in [5.74, 6) is 1.08. The zero-order valence-electron chi connectivity index (χ0n) is 12.4. The van der Waals surface area contributed by atoms with E-state index in [0.717, 1.165) is 27.8 Å². The van der Waals surface area contributed by atoms with Gasteiger partial charge in [-0.15, -0.1) is 0 Å². The Kier molecular flexibility index (Phi) is 3.74. The van der Waals surface area contributed by atoms with Gasteiger partial charge >= 0.3 is 5.97 Å². The molecule has 0 bridgehead atoms. The Balaban J connectivity index is 1.99. The summed E-state index contributed by atoms with van der Waals surface area (Å²) in [6.45, 7) is 1.86. The van der Waals surface area contributed by atoms with E-state index in [-0.39, 0.29) is 0 Å². The van der Waals surface area contributed by atoms with E-state index in [9.17, 15) is 4.79 Å². The lowest BCUT2D eigenvalue weighted by atomic mass is 10.1. The number of carbonyl (C=O) groups excluding carboxylic acids is 1. The molecule has 0 unspecified atom stereocenters. The number of hydrogen-bond donors (Lipinski definition) is 0. The molecular formula is C18H15NO3. The lowest BCUT2D eigenvalue weighted by molar-refractivity contribution is 0.0593. The van der Waals surface area contributed by atoms with E-state index in [0.29, 0.717) is 5.69 Å². The van der Waals surface area contributed by atoms with Gasteiger partial charge in [0.05, 0.1) is 7.11 Å². The highest BCUT2D eigenvalue weighted by Crippen LogP contribution is 2.27. The second-order valence-electron chi connectivity index (χ2n) is 4.89. The first kappa shape index (κ1) is 14.1. The molecule has 0 amide bonds. The molecule has 0 aliphatic rings. The second kappa shape index (κ2) is 5.85. The molecule has 3 rings (SSSR count). The van der Waals surface area contributed by atoms with Gasteiger partial charge in [-0.2, -0.15) is 0 Å². The summed E-state index contributed by atoms with van der Waals surface area (Å²) in [4.78, 5) is 15.9. The molecular weight excluding hydrogens is 278 g/mol. The minimum atomic E-state index is -0.427. The van der Waals surface area contributed by atoms with Crippen LogP contribution in [0.2, 0.25) is 0 Å². The molecule has 0 N–H and O–H groups in total. The van der Waals surface area contributed by atoms with Crippen LogP contribution < -0.4 is 4.74 Å². The Morgan fingerprint density at radius 2 is 1.82 bits per heavy atom. The topological polar surface area (TPSA) is 48.4 Å². The summed E-state index contributed by atoms with van der Waals surface area (Å²) in [5, 5.41) is 1.87. The third kappa shape index (κ3) is 2.63. The number of nitrogens with zero attached hydrogens (tertiary/aromatic N) is 1. The van der Waals surface area contributed by atoms with Crippen LogP contribution in [-0.2, 0) is 4.74 Å². The van der Waals surface area contributed by atoms with Crippen LogP contribution in [0.5, 0.6) is 11.5 Å². The van der Waals surface area contributed by atoms with Crippen LogP contribution in [0.1, 0.15) is 16.1 Å². The quantitative estimate of drug-likeness (QED) is 0.681. The maximum atomic E-state index is 11.7. The highest BCUT2D eigenvalue weighted by molar-refractivity contribution is 5.96. The van der Waals surface area contributed by atoms with Gasteiger partial charge in [0.2, 0.25) is 0 Å². The summed E-state index contributed by atoms with van der Waals surface area (Å²) in [7, 11) is 1.35. The van der Waals surface area contributed by atoms with Gasteiger partial charge in [0.25, 0.3) is 0 Å². The number of pyridine rings is 1. The third-order valence-electron chi connectivity index (χ3n) is 3.47. The van der Waals surface area contributed by atoms with Crippen molar-refractivity contribution < 1.29 is 14.3 Å². The van der Waals surface area contributed by atoms with Crippen molar-refractivity contribution in [3.05, 3.63) is 66.0 Å². The van der Waals surface area contributed by atoms with Crippen molar-refractivity contribution in [3.63, 3.8) is 0 Å². The number of esters is 1. The molecule has 1 aromatic heterocycles. The van der Waals surface area contributed by atoms with Crippen LogP contribution >= 0.6 is 0 Å². The minimum Gasteiger partial charge on any atom is -0.464 e. The SMILES string of the molecule is COC(=O)c1ncc2cc(Oc3ccccc3)ccc2c1C. The fraction of sp³-hybridized carbons (Fsp3) is 0.111. The standard InChI is InChI=1S/C18H15NO3/c1-12-16-9-8-15(22-14-6-4-3-5-7-14)10-13(16)11-19-17(12)18(20)21-2/h3-11H,1-2H3. The van der Waals surface area contributed by atoms with Crippen LogP contribution in [0.25, 0.3) is 10.8 Å². The Morgan fingerprint density at radius 1 is 1.05 bits per heavy atom. The van der Waals surface area contributed by atoms with E-state index in [1.807, 2.05) is 55.5 Å². The van der Waals surface area contributed by atoms with Gasteiger partial charge in [0, 0.05) is 11.6 Å². The van der Waals surface area contributed by atoms with E-state index in [2.05, 4.69) is 4.98 Å².